The van der Waals surface area contributed by atoms with Gasteiger partial charge in [0, 0.05) is 32.1 Å². The molecule has 3 rings (SSSR count). The first kappa shape index (κ1) is 20.0. The minimum atomic E-state index is -0.269. The van der Waals surface area contributed by atoms with E-state index in [0.29, 0.717) is 6.54 Å². The number of fused-ring (bicyclic) bond motifs is 1. The summed E-state index contributed by atoms with van der Waals surface area (Å²) in [5.41, 5.74) is 7.60. The summed E-state index contributed by atoms with van der Waals surface area (Å²) in [4.78, 5) is 16.6. The van der Waals surface area contributed by atoms with Crippen molar-refractivity contribution in [3.63, 3.8) is 0 Å². The molecule has 0 aromatic heterocycles. The van der Waals surface area contributed by atoms with E-state index in [1.165, 1.54) is 12.1 Å². The second-order valence-corrected chi connectivity index (χ2v) is 6.17. The highest BCUT2D eigenvalue weighted by molar-refractivity contribution is 5.99. The summed E-state index contributed by atoms with van der Waals surface area (Å²) in [6.45, 7) is 1.38. The molecule has 0 spiro atoms. The predicted octanol–water partition coefficient (Wildman–Crippen LogP) is 2.97. The molecule has 2 atom stereocenters. The fraction of sp³-hybridized carbons (Fsp3) is 0.562. The van der Waals surface area contributed by atoms with Crippen molar-refractivity contribution in [1.82, 2.24) is 0 Å². The van der Waals surface area contributed by atoms with Gasteiger partial charge in [-0.2, -0.15) is 0 Å². The molecule has 23 heavy (non-hydrogen) atoms. The van der Waals surface area contributed by atoms with Gasteiger partial charge in [-0.15, -0.1) is 24.8 Å². The molecule has 1 aliphatic carbocycles. The number of hydrogen-bond donors (Lipinski definition) is 1. The maximum absolute atomic E-state index is 13.5. The highest BCUT2D eigenvalue weighted by Crippen LogP contribution is 2.35. The summed E-state index contributed by atoms with van der Waals surface area (Å²) in [6.07, 6.45) is 3.70. The SMILES string of the molecule is CN1CCN(C(=O)C2CCCC(N)C2)c2ccc(F)cc21.Cl.Cl. The molecule has 1 aromatic carbocycles. The largest absolute Gasteiger partial charge is 0.371 e. The first-order valence-electron chi connectivity index (χ1n) is 7.64. The molecule has 1 fully saturated rings. The van der Waals surface area contributed by atoms with Crippen LogP contribution in [0.3, 0.4) is 0 Å². The van der Waals surface area contributed by atoms with E-state index in [-0.39, 0.29) is 48.5 Å². The molecule has 4 nitrogen and oxygen atoms in total. The van der Waals surface area contributed by atoms with Gasteiger partial charge in [0.05, 0.1) is 11.4 Å². The number of carbonyl (C=O) groups is 1. The topological polar surface area (TPSA) is 49.6 Å². The van der Waals surface area contributed by atoms with Gasteiger partial charge >= 0.3 is 0 Å². The van der Waals surface area contributed by atoms with Crippen molar-refractivity contribution in [2.75, 3.05) is 29.9 Å². The Kier molecular flexibility index (Phi) is 7.11. The third kappa shape index (κ3) is 4.08. The van der Waals surface area contributed by atoms with E-state index in [2.05, 4.69) is 0 Å². The van der Waals surface area contributed by atoms with Crippen LogP contribution < -0.4 is 15.5 Å². The molecule has 0 radical (unpaired) electrons. The summed E-state index contributed by atoms with van der Waals surface area (Å²) in [6, 6.07) is 4.76. The third-order valence-corrected chi connectivity index (χ3v) is 4.63. The summed E-state index contributed by atoms with van der Waals surface area (Å²) in [5.74, 6) is -0.115. The summed E-state index contributed by atoms with van der Waals surface area (Å²) in [5, 5.41) is 0. The van der Waals surface area contributed by atoms with Gasteiger partial charge in [-0.05, 0) is 37.5 Å². The van der Waals surface area contributed by atoms with Crippen LogP contribution in [0.2, 0.25) is 0 Å². The lowest BCUT2D eigenvalue weighted by Crippen LogP contribution is -2.47. The average Bonchev–Trinajstić information content (AvgIpc) is 2.47. The zero-order valence-corrected chi connectivity index (χ0v) is 14.8. The monoisotopic (exact) mass is 363 g/mol. The molecule has 1 amide bonds. The number of halogens is 3. The van der Waals surface area contributed by atoms with Gasteiger partial charge in [-0.1, -0.05) is 6.42 Å². The minimum Gasteiger partial charge on any atom is -0.371 e. The summed E-state index contributed by atoms with van der Waals surface area (Å²) in [7, 11) is 1.93. The molecule has 1 aliphatic heterocycles. The van der Waals surface area contributed by atoms with Crippen LogP contribution in [0, 0.1) is 11.7 Å². The fourth-order valence-corrected chi connectivity index (χ4v) is 3.42. The molecule has 1 aromatic rings. The molecule has 1 heterocycles. The molecule has 130 valence electrons. The van der Waals surface area contributed by atoms with Crippen LogP contribution in [0.15, 0.2) is 18.2 Å². The molecule has 7 heteroatoms. The molecular weight excluding hydrogens is 340 g/mol. The predicted molar refractivity (Wildman–Crippen MR) is 96.5 cm³/mol. The number of anilines is 2. The molecule has 0 saturated heterocycles. The lowest BCUT2D eigenvalue weighted by molar-refractivity contribution is -0.123. The Bertz CT molecular complexity index is 558. The van der Waals surface area contributed by atoms with Crippen LogP contribution in [0.5, 0.6) is 0 Å². The van der Waals surface area contributed by atoms with Crippen molar-refractivity contribution in [3.8, 4) is 0 Å². The Morgan fingerprint density at radius 2 is 1.96 bits per heavy atom. The Balaban J connectivity index is 0.00000132. The Morgan fingerprint density at radius 3 is 2.65 bits per heavy atom. The van der Waals surface area contributed by atoms with Crippen LogP contribution in [0.4, 0.5) is 15.8 Å². The van der Waals surface area contributed by atoms with Crippen molar-refractivity contribution in [3.05, 3.63) is 24.0 Å². The van der Waals surface area contributed by atoms with Gasteiger partial charge < -0.3 is 15.5 Å². The van der Waals surface area contributed by atoms with Crippen LogP contribution in [0.1, 0.15) is 25.7 Å². The lowest BCUT2D eigenvalue weighted by atomic mass is 9.85. The second-order valence-electron chi connectivity index (χ2n) is 6.17. The lowest BCUT2D eigenvalue weighted by Gasteiger charge is -2.38. The van der Waals surface area contributed by atoms with E-state index in [9.17, 15) is 9.18 Å². The summed E-state index contributed by atoms with van der Waals surface area (Å²) >= 11 is 0. The van der Waals surface area contributed by atoms with Crippen molar-refractivity contribution in [1.29, 1.82) is 0 Å². The van der Waals surface area contributed by atoms with Gasteiger partial charge in [-0.25, -0.2) is 4.39 Å². The van der Waals surface area contributed by atoms with Gasteiger partial charge in [0.15, 0.2) is 0 Å². The second kappa shape index (κ2) is 8.18. The molecule has 2 N–H and O–H groups in total. The smallest absolute Gasteiger partial charge is 0.230 e. The van der Waals surface area contributed by atoms with Gasteiger partial charge in [0.1, 0.15) is 5.82 Å². The number of rotatable bonds is 1. The van der Waals surface area contributed by atoms with Crippen molar-refractivity contribution in [2.45, 2.75) is 31.7 Å². The minimum absolute atomic E-state index is 0. The zero-order chi connectivity index (χ0) is 15.0. The Hall–Kier alpha value is -1.04. The van der Waals surface area contributed by atoms with E-state index in [4.69, 9.17) is 5.73 Å². The highest BCUT2D eigenvalue weighted by Gasteiger charge is 2.32. The van der Waals surface area contributed by atoms with Crippen LogP contribution in [0.25, 0.3) is 0 Å². The number of amides is 1. The van der Waals surface area contributed by atoms with Crippen LogP contribution in [-0.4, -0.2) is 32.1 Å². The fourth-order valence-electron chi connectivity index (χ4n) is 3.42. The van der Waals surface area contributed by atoms with E-state index in [1.807, 2.05) is 16.8 Å². The maximum atomic E-state index is 13.5. The number of hydrogen-bond acceptors (Lipinski definition) is 3. The zero-order valence-electron chi connectivity index (χ0n) is 13.2. The maximum Gasteiger partial charge on any atom is 0.230 e. The number of carbonyl (C=O) groups excluding carboxylic acids is 1. The van der Waals surface area contributed by atoms with E-state index < -0.39 is 0 Å². The quantitative estimate of drug-likeness (QED) is 0.834. The average molecular weight is 364 g/mol. The number of nitrogens with zero attached hydrogens (tertiary/aromatic N) is 2. The normalized spacial score (nSPS) is 23.4. The molecule has 2 unspecified atom stereocenters. The van der Waals surface area contributed by atoms with Gasteiger partial charge in [0.2, 0.25) is 5.91 Å². The number of likely N-dealkylation sites (N-methyl/N-ethyl adjacent to an activating group) is 1. The first-order valence-corrected chi connectivity index (χ1v) is 7.64. The van der Waals surface area contributed by atoms with E-state index >= 15 is 0 Å². The van der Waals surface area contributed by atoms with Gasteiger partial charge in [-0.3, -0.25) is 4.79 Å². The summed E-state index contributed by atoms with van der Waals surface area (Å²) < 4.78 is 13.5. The number of benzene rings is 1. The molecule has 0 bridgehead atoms. The van der Waals surface area contributed by atoms with E-state index in [0.717, 1.165) is 43.6 Å². The molecular formula is C16H24Cl2FN3O. The van der Waals surface area contributed by atoms with Crippen molar-refractivity contribution >= 4 is 42.1 Å². The number of nitrogens with two attached hydrogens (primary N) is 1. The van der Waals surface area contributed by atoms with Gasteiger partial charge in [0.25, 0.3) is 0 Å². The van der Waals surface area contributed by atoms with Crippen LogP contribution in [-0.2, 0) is 4.79 Å². The molecule has 1 saturated carbocycles. The standard InChI is InChI=1S/C16H22FN3O.2ClH/c1-19-7-8-20(14-6-5-12(17)10-15(14)19)16(21)11-3-2-4-13(18)9-11;;/h5-6,10-11,13H,2-4,7-9,18H2,1H3;2*1H. The molecule has 2 aliphatic rings. The highest BCUT2D eigenvalue weighted by atomic mass is 35.5. The third-order valence-electron chi connectivity index (χ3n) is 4.63. The first-order chi connectivity index (χ1) is 10.1. The van der Waals surface area contributed by atoms with Crippen molar-refractivity contribution < 1.29 is 9.18 Å². The van der Waals surface area contributed by atoms with Crippen molar-refractivity contribution in [2.24, 2.45) is 11.7 Å². The Labute approximate surface area is 149 Å². The Morgan fingerprint density at radius 1 is 1.22 bits per heavy atom. The van der Waals surface area contributed by atoms with E-state index in [1.54, 1.807) is 6.07 Å². The van der Waals surface area contributed by atoms with Crippen LogP contribution >= 0.6 is 24.8 Å².